The first-order valence-corrected chi connectivity index (χ1v) is 18.3. The Bertz CT molecular complexity index is 1100. The molecule has 1 aliphatic carbocycles. The molecule has 230 valence electrons. The van der Waals surface area contributed by atoms with Crippen molar-refractivity contribution < 1.29 is 28.7 Å². The summed E-state index contributed by atoms with van der Waals surface area (Å²) in [6.07, 6.45) is 3.55. The quantitative estimate of drug-likeness (QED) is 0.122. The van der Waals surface area contributed by atoms with Crippen molar-refractivity contribution in [3.63, 3.8) is 0 Å². The second-order valence-corrected chi connectivity index (χ2v) is 19.3. The molecule has 12 nitrogen and oxygen atoms in total. The molecule has 0 aromatic carbocycles. The molecule has 2 heterocycles. The molecule has 7 amide bonds. The first-order chi connectivity index (χ1) is 18.9. The van der Waals surface area contributed by atoms with Crippen LogP contribution in [-0.4, -0.2) is 95.5 Å². The van der Waals surface area contributed by atoms with E-state index in [2.05, 4.69) is 26.6 Å². The van der Waals surface area contributed by atoms with Crippen molar-refractivity contribution in [1.29, 1.82) is 0 Å². The van der Waals surface area contributed by atoms with Gasteiger partial charge in [-0.15, -0.1) is 0 Å². The number of carbonyl (C=O) groups excluding carboxylic acids is 5. The summed E-state index contributed by atoms with van der Waals surface area (Å²) in [5.74, 6) is -2.19. The van der Waals surface area contributed by atoms with Gasteiger partial charge in [-0.2, -0.15) is 0 Å². The molecule has 13 heteroatoms. The van der Waals surface area contributed by atoms with Crippen molar-refractivity contribution in [3.8, 4) is 0 Å². The molecule has 0 spiro atoms. The monoisotopic (exact) mass is 592 g/mol. The van der Waals surface area contributed by atoms with Gasteiger partial charge in [-0.3, -0.25) is 24.2 Å². The second-order valence-electron chi connectivity index (χ2n) is 13.6. The molecular weight excluding hydrogens is 544 g/mol. The number of carbonyl (C=O) groups is 5. The highest BCUT2D eigenvalue weighted by molar-refractivity contribution is 6.76. The van der Waals surface area contributed by atoms with Gasteiger partial charge in [0.15, 0.2) is 0 Å². The Kier molecular flexibility index (Phi) is 9.63. The minimum absolute atomic E-state index is 0.0621. The van der Waals surface area contributed by atoms with E-state index in [-0.39, 0.29) is 36.2 Å². The zero-order chi connectivity index (χ0) is 30.9. The van der Waals surface area contributed by atoms with E-state index >= 15 is 0 Å². The SMILES string of the molecule is CCCCN1C(=O)C(=C(N)N)C(=O)N(C2CCC(C)(CN3C(=O)N(COCC[Si](C)(C)C)C(=O)C3(C)C)CC2)C1=O. The lowest BCUT2D eigenvalue weighted by Crippen LogP contribution is -2.61. The van der Waals surface area contributed by atoms with Gasteiger partial charge in [0.2, 0.25) is 0 Å². The molecule has 3 fully saturated rings. The van der Waals surface area contributed by atoms with Gasteiger partial charge in [0.05, 0.1) is 0 Å². The van der Waals surface area contributed by atoms with Crippen LogP contribution >= 0.6 is 0 Å². The number of amides is 7. The fourth-order valence-corrected chi connectivity index (χ4v) is 6.42. The third-order valence-corrected chi connectivity index (χ3v) is 10.2. The molecular formula is C28H48N6O6Si. The molecule has 0 aromatic rings. The first-order valence-electron chi connectivity index (χ1n) is 14.6. The van der Waals surface area contributed by atoms with Gasteiger partial charge in [0.25, 0.3) is 17.7 Å². The maximum absolute atomic E-state index is 13.4. The number of nitrogens with zero attached hydrogens (tertiary/aromatic N) is 4. The van der Waals surface area contributed by atoms with Crippen LogP contribution in [0.5, 0.6) is 0 Å². The third-order valence-electron chi connectivity index (χ3n) is 8.54. The van der Waals surface area contributed by atoms with E-state index in [1.54, 1.807) is 18.7 Å². The van der Waals surface area contributed by atoms with Gasteiger partial charge in [-0.25, -0.2) is 14.5 Å². The number of unbranched alkanes of at least 4 members (excludes halogenated alkanes) is 1. The fourth-order valence-electron chi connectivity index (χ4n) is 5.66. The van der Waals surface area contributed by atoms with E-state index in [1.165, 1.54) is 4.90 Å². The minimum Gasteiger partial charge on any atom is -0.385 e. The lowest BCUT2D eigenvalue weighted by molar-refractivity contribution is -0.139. The fraction of sp³-hybridized carbons (Fsp3) is 0.750. The number of nitrogens with two attached hydrogens (primary N) is 2. The highest BCUT2D eigenvalue weighted by Crippen LogP contribution is 2.42. The standard InChI is InChI=1S/C28H48N6O6Si/c1-8-9-14-31-22(35)20(21(29)30)23(36)34(26(31)39)19-10-12-28(4,13-11-19)17-33-25(38)32(24(37)27(33,2)3)18-40-15-16-41(5,6)7/h19H,8-18,29-30H2,1-7H3. The topological polar surface area (TPSA) is 160 Å². The van der Waals surface area contributed by atoms with E-state index in [1.807, 2.05) is 6.92 Å². The molecule has 2 aliphatic heterocycles. The van der Waals surface area contributed by atoms with Crippen molar-refractivity contribution in [3.05, 3.63) is 11.4 Å². The van der Waals surface area contributed by atoms with Crippen LogP contribution in [0.3, 0.4) is 0 Å². The van der Waals surface area contributed by atoms with E-state index < -0.39 is 43.3 Å². The molecule has 0 atom stereocenters. The molecule has 4 N–H and O–H groups in total. The Labute approximate surface area is 244 Å². The minimum atomic E-state index is -1.30. The predicted octanol–water partition coefficient (Wildman–Crippen LogP) is 3.01. The Balaban J connectivity index is 1.70. The maximum Gasteiger partial charge on any atom is 0.334 e. The Morgan fingerprint density at radius 2 is 1.56 bits per heavy atom. The summed E-state index contributed by atoms with van der Waals surface area (Å²) < 4.78 is 5.73. The lowest BCUT2D eigenvalue weighted by atomic mass is 9.72. The van der Waals surface area contributed by atoms with Crippen molar-refractivity contribution in [2.45, 2.75) is 103 Å². The van der Waals surface area contributed by atoms with Crippen LogP contribution in [0.25, 0.3) is 0 Å². The van der Waals surface area contributed by atoms with Crippen molar-refractivity contribution in [2.75, 3.05) is 26.4 Å². The van der Waals surface area contributed by atoms with E-state index in [4.69, 9.17) is 16.2 Å². The average molecular weight is 593 g/mol. The Morgan fingerprint density at radius 1 is 0.951 bits per heavy atom. The second kappa shape index (κ2) is 12.1. The Morgan fingerprint density at radius 3 is 2.10 bits per heavy atom. The van der Waals surface area contributed by atoms with Crippen molar-refractivity contribution in [1.82, 2.24) is 19.6 Å². The number of ether oxygens (including phenoxy) is 1. The van der Waals surface area contributed by atoms with Gasteiger partial charge in [-0.05, 0) is 57.4 Å². The zero-order valence-electron chi connectivity index (χ0n) is 25.7. The summed E-state index contributed by atoms with van der Waals surface area (Å²) in [7, 11) is -1.30. The summed E-state index contributed by atoms with van der Waals surface area (Å²) in [4.78, 5) is 71.0. The number of rotatable bonds is 11. The van der Waals surface area contributed by atoms with Crippen LogP contribution in [0.15, 0.2) is 11.4 Å². The molecule has 3 aliphatic rings. The molecule has 2 saturated heterocycles. The number of urea groups is 2. The molecule has 3 rings (SSSR count). The van der Waals surface area contributed by atoms with Crippen LogP contribution in [0.4, 0.5) is 9.59 Å². The highest BCUT2D eigenvalue weighted by atomic mass is 28.3. The van der Waals surface area contributed by atoms with Gasteiger partial charge in [0, 0.05) is 33.8 Å². The van der Waals surface area contributed by atoms with E-state index in [9.17, 15) is 24.0 Å². The number of barbiturate groups is 1. The van der Waals surface area contributed by atoms with Crippen LogP contribution in [0.1, 0.15) is 66.2 Å². The number of hydrogen-bond acceptors (Lipinski definition) is 8. The van der Waals surface area contributed by atoms with Crippen molar-refractivity contribution in [2.24, 2.45) is 16.9 Å². The summed E-state index contributed by atoms with van der Waals surface area (Å²) in [6, 6.07) is -0.499. The Hall–Kier alpha value is -2.93. The van der Waals surface area contributed by atoms with E-state index in [0.717, 1.165) is 22.3 Å². The van der Waals surface area contributed by atoms with Gasteiger partial charge in [-0.1, -0.05) is 39.9 Å². The number of hydrogen-bond donors (Lipinski definition) is 2. The van der Waals surface area contributed by atoms with Crippen LogP contribution in [0, 0.1) is 5.41 Å². The summed E-state index contributed by atoms with van der Waals surface area (Å²) in [6.45, 7) is 15.2. The molecule has 0 bridgehead atoms. The smallest absolute Gasteiger partial charge is 0.334 e. The third kappa shape index (κ3) is 6.77. The predicted molar refractivity (Wildman–Crippen MR) is 157 cm³/mol. The average Bonchev–Trinajstić information content (AvgIpc) is 3.01. The molecule has 41 heavy (non-hydrogen) atoms. The largest absolute Gasteiger partial charge is 0.385 e. The summed E-state index contributed by atoms with van der Waals surface area (Å²) >= 11 is 0. The van der Waals surface area contributed by atoms with Crippen LogP contribution in [0.2, 0.25) is 25.7 Å². The molecule has 0 unspecified atom stereocenters. The van der Waals surface area contributed by atoms with Gasteiger partial charge < -0.3 is 21.1 Å². The lowest BCUT2D eigenvalue weighted by Gasteiger charge is -2.45. The molecule has 0 radical (unpaired) electrons. The first kappa shape index (κ1) is 32.6. The summed E-state index contributed by atoms with van der Waals surface area (Å²) in [5, 5.41) is 0. The molecule has 0 aromatic heterocycles. The van der Waals surface area contributed by atoms with E-state index in [0.29, 0.717) is 45.3 Å². The van der Waals surface area contributed by atoms with Crippen LogP contribution in [-0.2, 0) is 19.1 Å². The van der Waals surface area contributed by atoms with Gasteiger partial charge >= 0.3 is 12.1 Å². The number of imide groups is 3. The van der Waals surface area contributed by atoms with Gasteiger partial charge in [0.1, 0.15) is 23.7 Å². The highest BCUT2D eigenvalue weighted by Gasteiger charge is 2.54. The maximum atomic E-state index is 13.4. The van der Waals surface area contributed by atoms with Crippen LogP contribution < -0.4 is 11.5 Å². The summed E-state index contributed by atoms with van der Waals surface area (Å²) in [5.41, 5.74) is 9.69. The van der Waals surface area contributed by atoms with Crippen molar-refractivity contribution >= 4 is 37.9 Å². The normalized spacial score (nSPS) is 25.6. The molecule has 1 saturated carbocycles. The zero-order valence-corrected chi connectivity index (χ0v) is 26.7.